The third kappa shape index (κ3) is 6.57. The lowest BCUT2D eigenvalue weighted by molar-refractivity contribution is -0.384. The Morgan fingerprint density at radius 1 is 1.12 bits per heavy atom. The van der Waals surface area contributed by atoms with Gasteiger partial charge in [-0.05, 0) is 48.6 Å². The molecule has 7 nitrogen and oxygen atoms in total. The highest BCUT2D eigenvalue weighted by atomic mass is 35.5. The van der Waals surface area contributed by atoms with Crippen molar-refractivity contribution in [1.82, 2.24) is 10.9 Å². The van der Waals surface area contributed by atoms with E-state index in [1.165, 1.54) is 36.0 Å². The Morgan fingerprint density at radius 2 is 1.76 bits per heavy atom. The number of nitro benzene ring substituents is 1. The molecule has 2 aromatic carbocycles. The molecule has 0 bridgehead atoms. The number of thioether (sulfide) groups is 1. The molecule has 0 heterocycles. The number of carbonyl (C=O) groups excluding carboxylic acids is 1. The summed E-state index contributed by atoms with van der Waals surface area (Å²) in [5, 5.41) is 14.2. The van der Waals surface area contributed by atoms with E-state index in [2.05, 4.69) is 16.2 Å². The van der Waals surface area contributed by atoms with Gasteiger partial charge in [0, 0.05) is 27.7 Å². The van der Waals surface area contributed by atoms with Gasteiger partial charge in [0.15, 0.2) is 5.11 Å². The van der Waals surface area contributed by atoms with E-state index in [0.717, 1.165) is 4.90 Å². The molecule has 0 atom stereocenters. The molecule has 0 fully saturated rings. The zero-order valence-corrected chi connectivity index (χ0v) is 15.1. The van der Waals surface area contributed by atoms with Crippen LogP contribution in [0.4, 0.5) is 11.4 Å². The quantitative estimate of drug-likeness (QED) is 0.308. The molecule has 0 aromatic heterocycles. The van der Waals surface area contributed by atoms with Gasteiger partial charge in [0.05, 0.1) is 10.7 Å². The molecular formula is C15H13ClN4O3S2. The van der Waals surface area contributed by atoms with Gasteiger partial charge in [-0.25, -0.2) is 0 Å². The number of hydrazine groups is 1. The van der Waals surface area contributed by atoms with Crippen molar-refractivity contribution in [3.8, 4) is 0 Å². The highest BCUT2D eigenvalue weighted by Crippen LogP contribution is 2.19. The summed E-state index contributed by atoms with van der Waals surface area (Å²) in [5.74, 6) is -0.0535. The molecule has 3 N–H and O–H groups in total. The summed E-state index contributed by atoms with van der Waals surface area (Å²) in [6.07, 6.45) is 0. The lowest BCUT2D eigenvalue weighted by Crippen LogP contribution is -2.44. The van der Waals surface area contributed by atoms with Gasteiger partial charge in [-0.1, -0.05) is 11.6 Å². The maximum atomic E-state index is 11.8. The summed E-state index contributed by atoms with van der Waals surface area (Å²) < 4.78 is 0. The monoisotopic (exact) mass is 396 g/mol. The van der Waals surface area contributed by atoms with Crippen LogP contribution in [-0.4, -0.2) is 21.7 Å². The highest BCUT2D eigenvalue weighted by molar-refractivity contribution is 8.00. The first kappa shape index (κ1) is 19.0. The van der Waals surface area contributed by atoms with E-state index < -0.39 is 4.92 Å². The highest BCUT2D eigenvalue weighted by Gasteiger charge is 2.06. The van der Waals surface area contributed by atoms with Crippen molar-refractivity contribution in [3.63, 3.8) is 0 Å². The molecule has 0 unspecified atom stereocenters. The molecular weight excluding hydrogens is 384 g/mol. The number of nitro groups is 1. The summed E-state index contributed by atoms with van der Waals surface area (Å²) in [6, 6.07) is 12.9. The zero-order chi connectivity index (χ0) is 18.2. The van der Waals surface area contributed by atoms with Gasteiger partial charge < -0.3 is 5.32 Å². The molecule has 0 saturated heterocycles. The van der Waals surface area contributed by atoms with Crippen LogP contribution in [-0.2, 0) is 4.79 Å². The lowest BCUT2D eigenvalue weighted by Gasteiger charge is -2.11. The van der Waals surface area contributed by atoms with Gasteiger partial charge in [0.2, 0.25) is 5.91 Å². The van der Waals surface area contributed by atoms with Crippen LogP contribution in [0.3, 0.4) is 0 Å². The number of non-ortho nitro benzene ring substituents is 1. The number of rotatable bonds is 5. The van der Waals surface area contributed by atoms with Crippen LogP contribution in [0.15, 0.2) is 53.4 Å². The molecule has 2 aromatic rings. The number of anilines is 1. The van der Waals surface area contributed by atoms with Crippen molar-refractivity contribution in [2.24, 2.45) is 0 Å². The Hall–Kier alpha value is -2.36. The minimum atomic E-state index is -0.487. The van der Waals surface area contributed by atoms with Crippen molar-refractivity contribution in [1.29, 1.82) is 0 Å². The van der Waals surface area contributed by atoms with E-state index in [1.54, 1.807) is 12.1 Å². The van der Waals surface area contributed by atoms with Crippen LogP contribution >= 0.6 is 35.6 Å². The summed E-state index contributed by atoms with van der Waals surface area (Å²) >= 11 is 12.2. The molecule has 2 rings (SSSR count). The first-order valence-corrected chi connectivity index (χ1v) is 8.70. The molecule has 0 aliphatic carbocycles. The lowest BCUT2D eigenvalue weighted by atomic mass is 10.3. The van der Waals surface area contributed by atoms with Crippen LogP contribution < -0.4 is 16.2 Å². The van der Waals surface area contributed by atoms with Crippen molar-refractivity contribution in [2.75, 3.05) is 11.1 Å². The first-order valence-electron chi connectivity index (χ1n) is 6.93. The van der Waals surface area contributed by atoms with E-state index in [-0.39, 0.29) is 22.5 Å². The van der Waals surface area contributed by atoms with Crippen LogP contribution in [0.25, 0.3) is 0 Å². The van der Waals surface area contributed by atoms with E-state index >= 15 is 0 Å². The second-order valence-corrected chi connectivity index (χ2v) is 6.57. The Balaban J connectivity index is 1.72. The molecule has 0 aliphatic heterocycles. The molecule has 25 heavy (non-hydrogen) atoms. The Morgan fingerprint density at radius 3 is 2.36 bits per heavy atom. The number of hydrogen-bond acceptors (Lipinski definition) is 5. The Bertz CT molecular complexity index is 769. The summed E-state index contributed by atoms with van der Waals surface area (Å²) in [7, 11) is 0. The largest absolute Gasteiger partial charge is 0.331 e. The van der Waals surface area contributed by atoms with Gasteiger partial charge in [-0.15, -0.1) is 11.8 Å². The van der Waals surface area contributed by atoms with Crippen LogP contribution in [0.5, 0.6) is 0 Å². The van der Waals surface area contributed by atoms with Crippen molar-refractivity contribution in [2.45, 2.75) is 4.90 Å². The average molecular weight is 397 g/mol. The molecule has 10 heteroatoms. The number of thiocarbonyl (C=S) groups is 1. The fourth-order valence-corrected chi connectivity index (χ4v) is 2.66. The van der Waals surface area contributed by atoms with E-state index in [4.69, 9.17) is 23.8 Å². The molecule has 1 amide bonds. The molecule has 0 spiro atoms. The third-order valence-electron chi connectivity index (χ3n) is 2.84. The number of hydrogen-bond donors (Lipinski definition) is 3. The normalized spacial score (nSPS) is 9.96. The zero-order valence-electron chi connectivity index (χ0n) is 12.7. The Labute approximate surface area is 158 Å². The minimum absolute atomic E-state index is 0.0167. The van der Waals surface area contributed by atoms with Crippen LogP contribution in [0, 0.1) is 10.1 Å². The topological polar surface area (TPSA) is 96.3 Å². The van der Waals surface area contributed by atoms with E-state index in [9.17, 15) is 14.9 Å². The van der Waals surface area contributed by atoms with E-state index in [1.807, 2.05) is 12.1 Å². The number of benzene rings is 2. The van der Waals surface area contributed by atoms with Crippen molar-refractivity contribution < 1.29 is 9.72 Å². The maximum Gasteiger partial charge on any atom is 0.269 e. The summed E-state index contributed by atoms with van der Waals surface area (Å²) in [5.41, 5.74) is 5.58. The van der Waals surface area contributed by atoms with Gasteiger partial charge in [-0.3, -0.25) is 25.8 Å². The second-order valence-electron chi connectivity index (χ2n) is 4.67. The SMILES string of the molecule is O=C(CSc1ccc(Cl)cc1)NNC(=S)Nc1ccc([N+](=O)[O-])cc1. The predicted molar refractivity (Wildman–Crippen MR) is 103 cm³/mol. The number of nitrogens with one attached hydrogen (secondary N) is 3. The van der Waals surface area contributed by atoms with Gasteiger partial charge in [0.25, 0.3) is 5.69 Å². The van der Waals surface area contributed by atoms with Crippen molar-refractivity contribution >= 4 is 58.0 Å². The second kappa shape index (κ2) is 9.21. The smallest absolute Gasteiger partial charge is 0.269 e. The Kier molecular flexibility index (Phi) is 6.99. The summed E-state index contributed by atoms with van der Waals surface area (Å²) in [4.78, 5) is 22.8. The molecule has 0 saturated carbocycles. The third-order valence-corrected chi connectivity index (χ3v) is 4.30. The van der Waals surface area contributed by atoms with Crippen LogP contribution in [0.2, 0.25) is 5.02 Å². The van der Waals surface area contributed by atoms with Gasteiger partial charge in [0.1, 0.15) is 0 Å². The number of halogens is 1. The fourth-order valence-electron chi connectivity index (χ4n) is 1.67. The van der Waals surface area contributed by atoms with Gasteiger partial charge >= 0.3 is 0 Å². The predicted octanol–water partition coefficient (Wildman–Crippen LogP) is 3.36. The molecule has 130 valence electrons. The first-order chi connectivity index (χ1) is 11.9. The van der Waals surface area contributed by atoms with Crippen molar-refractivity contribution in [3.05, 3.63) is 63.7 Å². The standard InChI is InChI=1S/C15H13ClN4O3S2/c16-10-1-7-13(8-2-10)25-9-14(21)18-19-15(24)17-11-3-5-12(6-4-11)20(22)23/h1-8H,9H2,(H,18,21)(H2,17,19,24). The van der Waals surface area contributed by atoms with E-state index in [0.29, 0.717) is 10.7 Å². The number of nitrogens with zero attached hydrogens (tertiary/aromatic N) is 1. The maximum absolute atomic E-state index is 11.8. The number of carbonyl (C=O) groups is 1. The molecule has 0 aliphatic rings. The van der Waals surface area contributed by atoms with Crippen LogP contribution in [0.1, 0.15) is 0 Å². The fraction of sp³-hybridized carbons (Fsp3) is 0.0667. The average Bonchev–Trinajstić information content (AvgIpc) is 2.60. The van der Waals surface area contributed by atoms with Gasteiger partial charge in [-0.2, -0.15) is 0 Å². The molecule has 0 radical (unpaired) electrons. The number of amides is 1. The minimum Gasteiger partial charge on any atom is -0.331 e. The summed E-state index contributed by atoms with van der Waals surface area (Å²) in [6.45, 7) is 0.